The fourth-order valence-corrected chi connectivity index (χ4v) is 7.80. The highest BCUT2D eigenvalue weighted by Gasteiger charge is 2.47. The SMILES string of the molecule is C[C@@H]1NC(=O)[C@H](Cc2ccccc2)NC(=O)[C@H](C)NC(=O)C2(CCN(S(=O)(=O)c3ccc4oc(=O)n(C)c4c3)CC2)Oc2ccc(cc2)OCCNC1=O. The lowest BCUT2D eigenvalue weighted by molar-refractivity contribution is -0.143. The number of nitrogens with one attached hydrogen (secondary N) is 4. The normalized spacial score (nSPS) is 22.0. The van der Waals surface area contributed by atoms with Crippen molar-refractivity contribution in [1.82, 2.24) is 30.1 Å². The molecule has 4 N–H and O–H groups in total. The maximum absolute atomic E-state index is 14.2. The molecule has 2 bridgehead atoms. The number of aromatic nitrogens is 1. The van der Waals surface area contributed by atoms with Gasteiger partial charge >= 0.3 is 5.76 Å². The van der Waals surface area contributed by atoms with Crippen LogP contribution >= 0.6 is 0 Å². The predicted octanol–water partition coefficient (Wildman–Crippen LogP) is 0.979. The second kappa shape index (κ2) is 15.7. The fourth-order valence-electron chi connectivity index (χ4n) is 6.33. The Bertz CT molecular complexity index is 2200. The van der Waals surface area contributed by atoms with Gasteiger partial charge in [0.05, 0.1) is 17.0 Å². The van der Waals surface area contributed by atoms with E-state index in [-0.39, 0.29) is 56.0 Å². The van der Waals surface area contributed by atoms with Crippen molar-refractivity contribution in [2.45, 2.75) is 61.7 Å². The summed E-state index contributed by atoms with van der Waals surface area (Å²) in [7, 11) is -2.59. The van der Waals surface area contributed by atoms with E-state index in [1.165, 1.54) is 48.0 Å². The van der Waals surface area contributed by atoms with Gasteiger partial charge in [0.25, 0.3) is 5.91 Å². The summed E-state index contributed by atoms with van der Waals surface area (Å²) in [5.74, 6) is -2.21. The van der Waals surface area contributed by atoms with E-state index in [0.717, 1.165) is 5.56 Å². The Balaban J connectivity index is 1.26. The molecule has 16 nitrogen and oxygen atoms in total. The quantitative estimate of drug-likeness (QED) is 0.217. The van der Waals surface area contributed by atoms with Gasteiger partial charge in [0.15, 0.2) is 11.2 Å². The summed E-state index contributed by atoms with van der Waals surface area (Å²) in [6.07, 6.45) is -0.0422. The van der Waals surface area contributed by atoms with Crippen molar-refractivity contribution in [2.24, 2.45) is 7.05 Å². The average Bonchev–Trinajstić information content (AvgIpc) is 3.45. The molecule has 0 radical (unpaired) electrons. The van der Waals surface area contributed by atoms with Crippen LogP contribution in [-0.2, 0) is 42.7 Å². The largest absolute Gasteiger partial charge is 0.492 e. The van der Waals surface area contributed by atoms with Gasteiger partial charge in [-0.15, -0.1) is 0 Å². The summed E-state index contributed by atoms with van der Waals surface area (Å²) in [5.41, 5.74) is -0.278. The van der Waals surface area contributed by atoms with Crippen molar-refractivity contribution in [3.05, 3.63) is 88.9 Å². The van der Waals surface area contributed by atoms with Crippen LogP contribution in [0.2, 0.25) is 0 Å². The van der Waals surface area contributed by atoms with Gasteiger partial charge in [0, 0.05) is 39.4 Å². The minimum Gasteiger partial charge on any atom is -0.492 e. The Morgan fingerprint density at radius 3 is 2.17 bits per heavy atom. The van der Waals surface area contributed by atoms with Crippen LogP contribution in [0.1, 0.15) is 32.3 Å². The first-order chi connectivity index (χ1) is 25.8. The number of nitrogens with zero attached hydrogens (tertiary/aromatic N) is 2. The van der Waals surface area contributed by atoms with E-state index in [4.69, 9.17) is 13.9 Å². The molecule has 4 amide bonds. The highest BCUT2D eigenvalue weighted by Crippen LogP contribution is 2.33. The number of amides is 4. The third kappa shape index (κ3) is 8.26. The molecule has 3 aliphatic rings. The van der Waals surface area contributed by atoms with E-state index in [1.54, 1.807) is 48.5 Å². The van der Waals surface area contributed by atoms with Gasteiger partial charge in [0.2, 0.25) is 27.7 Å². The molecule has 3 atom stereocenters. The van der Waals surface area contributed by atoms with Gasteiger partial charge in [0.1, 0.15) is 36.2 Å². The first-order valence-corrected chi connectivity index (χ1v) is 18.9. The minimum absolute atomic E-state index is 0.0483. The first-order valence-electron chi connectivity index (χ1n) is 17.5. The molecule has 1 fully saturated rings. The third-order valence-electron chi connectivity index (χ3n) is 9.56. The van der Waals surface area contributed by atoms with E-state index in [9.17, 15) is 32.4 Å². The number of hydrogen-bond donors (Lipinski definition) is 4. The minimum atomic E-state index is -4.07. The second-order valence-electron chi connectivity index (χ2n) is 13.3. The number of benzene rings is 3. The number of rotatable bonds is 4. The van der Waals surface area contributed by atoms with Crippen molar-refractivity contribution < 1.29 is 41.5 Å². The van der Waals surface area contributed by atoms with Crippen LogP contribution in [-0.4, -0.2) is 90.9 Å². The zero-order valence-corrected chi connectivity index (χ0v) is 30.8. The number of carbonyl (C=O) groups is 4. The Morgan fingerprint density at radius 1 is 0.796 bits per heavy atom. The van der Waals surface area contributed by atoms with Gasteiger partial charge in [-0.2, -0.15) is 4.31 Å². The maximum atomic E-state index is 14.2. The molecule has 1 saturated heterocycles. The zero-order chi connectivity index (χ0) is 38.6. The summed E-state index contributed by atoms with van der Waals surface area (Å²) < 4.78 is 47.3. The standard InChI is InChI=1S/C37H42N6O10S/c1-23-32(44)38-17-20-51-26-9-11-27(12-10-26)53-37(35(47)40-24(2)33(45)41-29(34(46)39-23)21-25-7-5-4-6-8-25)15-18-43(19-16-37)54(49,50)28-13-14-31-30(22-28)42(3)36(48)52-31/h4-14,22-24,29H,15-21H2,1-3H3,(H,38,44)(H,39,46)(H,40,47)(H,41,45)/t23-,24-,29-/m0/s1. The number of aryl methyl sites for hydroxylation is 1. The predicted molar refractivity (Wildman–Crippen MR) is 195 cm³/mol. The van der Waals surface area contributed by atoms with Crippen molar-refractivity contribution >= 4 is 44.8 Å². The summed E-state index contributed by atoms with van der Waals surface area (Å²) in [4.78, 5) is 65.9. The molecular weight excluding hydrogens is 721 g/mol. The molecule has 0 unspecified atom stereocenters. The molecule has 0 aliphatic carbocycles. The molecule has 0 saturated carbocycles. The highest BCUT2D eigenvalue weighted by atomic mass is 32.2. The number of ether oxygens (including phenoxy) is 2. The third-order valence-corrected chi connectivity index (χ3v) is 11.5. The molecule has 3 aliphatic heterocycles. The van der Waals surface area contributed by atoms with Gasteiger partial charge in [-0.25, -0.2) is 13.2 Å². The molecule has 1 spiro atoms. The Hall–Kier alpha value is -5.68. The van der Waals surface area contributed by atoms with Crippen LogP contribution in [0.15, 0.2) is 86.9 Å². The van der Waals surface area contributed by atoms with Crippen LogP contribution < -0.4 is 36.5 Å². The fraction of sp³-hybridized carbons (Fsp3) is 0.378. The number of fused-ring (bicyclic) bond motifs is 16. The highest BCUT2D eigenvalue weighted by molar-refractivity contribution is 7.89. The van der Waals surface area contributed by atoms with E-state index in [2.05, 4.69) is 21.3 Å². The Morgan fingerprint density at radius 2 is 1.46 bits per heavy atom. The lowest BCUT2D eigenvalue weighted by atomic mass is 9.90. The zero-order valence-electron chi connectivity index (χ0n) is 30.0. The number of carbonyl (C=O) groups excluding carboxylic acids is 4. The van der Waals surface area contributed by atoms with E-state index in [0.29, 0.717) is 17.0 Å². The summed E-state index contributed by atoms with van der Waals surface area (Å²) in [6, 6.07) is 16.5. The van der Waals surface area contributed by atoms with Crippen molar-refractivity contribution in [1.29, 1.82) is 0 Å². The molecule has 17 heteroatoms. The molecule has 4 heterocycles. The lowest BCUT2D eigenvalue weighted by Gasteiger charge is -2.40. The van der Waals surface area contributed by atoms with Crippen molar-refractivity contribution in [3.63, 3.8) is 0 Å². The van der Waals surface area contributed by atoms with Gasteiger partial charge in [-0.05, 0) is 61.9 Å². The molecule has 54 heavy (non-hydrogen) atoms. The van der Waals surface area contributed by atoms with E-state index >= 15 is 0 Å². The maximum Gasteiger partial charge on any atom is 0.419 e. The van der Waals surface area contributed by atoms with Crippen molar-refractivity contribution in [3.8, 4) is 11.5 Å². The number of sulfonamides is 1. The van der Waals surface area contributed by atoms with Crippen LogP contribution in [0.3, 0.4) is 0 Å². The van der Waals surface area contributed by atoms with Gasteiger partial charge < -0.3 is 35.2 Å². The van der Waals surface area contributed by atoms with Crippen LogP contribution in [0.4, 0.5) is 0 Å². The second-order valence-corrected chi connectivity index (χ2v) is 15.3. The van der Waals surface area contributed by atoms with Gasteiger partial charge in [-0.1, -0.05) is 30.3 Å². The monoisotopic (exact) mass is 762 g/mol. The van der Waals surface area contributed by atoms with E-state index in [1.807, 2.05) is 6.07 Å². The van der Waals surface area contributed by atoms with Gasteiger partial charge in [-0.3, -0.25) is 23.7 Å². The van der Waals surface area contributed by atoms with Crippen LogP contribution in [0.5, 0.6) is 11.5 Å². The van der Waals surface area contributed by atoms with Crippen molar-refractivity contribution in [2.75, 3.05) is 26.2 Å². The molecule has 1 aromatic heterocycles. The Labute approximate surface area is 311 Å². The molecule has 3 aromatic carbocycles. The molecular formula is C37H42N6O10S. The average molecular weight is 763 g/mol. The van der Waals surface area contributed by atoms with Crippen LogP contribution in [0.25, 0.3) is 11.1 Å². The summed E-state index contributed by atoms with van der Waals surface area (Å²) in [5, 5.41) is 10.8. The molecule has 7 rings (SSSR count). The van der Waals surface area contributed by atoms with Crippen LogP contribution in [0, 0.1) is 0 Å². The smallest absolute Gasteiger partial charge is 0.419 e. The summed E-state index contributed by atoms with van der Waals surface area (Å²) >= 11 is 0. The number of piperidine rings is 1. The first kappa shape index (κ1) is 38.1. The number of hydrogen-bond acceptors (Lipinski definition) is 10. The number of oxazole rings is 1. The molecule has 286 valence electrons. The Kier molecular flexibility index (Phi) is 11.1. The topological polar surface area (TPSA) is 207 Å². The molecule has 4 aromatic rings. The summed E-state index contributed by atoms with van der Waals surface area (Å²) in [6.45, 7) is 3.05. The van der Waals surface area contributed by atoms with E-state index < -0.39 is 63.1 Å². The lowest BCUT2D eigenvalue weighted by Crippen LogP contribution is -2.61.